The van der Waals surface area contributed by atoms with Crippen molar-refractivity contribution in [1.29, 1.82) is 0 Å². The van der Waals surface area contributed by atoms with E-state index in [2.05, 4.69) is 20.8 Å². The molecule has 0 aliphatic carbocycles. The number of halogens is 3. The highest BCUT2D eigenvalue weighted by molar-refractivity contribution is 6.08. The molecular weight excluding hydrogens is 469 g/mol. The number of nitrogens with one attached hydrogen (secondary N) is 2. The van der Waals surface area contributed by atoms with E-state index in [-0.39, 0.29) is 17.8 Å². The molecule has 0 saturated carbocycles. The van der Waals surface area contributed by atoms with Gasteiger partial charge >= 0.3 is 6.18 Å². The zero-order chi connectivity index (χ0) is 25.4. The first-order valence-electron chi connectivity index (χ1n) is 11.6. The van der Waals surface area contributed by atoms with Crippen LogP contribution in [0.3, 0.4) is 0 Å². The van der Waals surface area contributed by atoms with Gasteiger partial charge in [0.25, 0.3) is 5.91 Å². The van der Waals surface area contributed by atoms with E-state index in [1.807, 2.05) is 37.3 Å². The standard InChI is InChI=1S/C26H25F3N6O/c1-16-23(17(2)34(33-16)15-18-9-5-3-6-10-18)32-25(36)20-14-30-35-22(26(27,28)29)13-21(31-24(20)35)19-11-7-4-8-12-19/h3-12,14,21-22,31H,13,15H2,1-2H3,(H,32,36)/t21-,22+/m1/s1. The highest BCUT2D eigenvalue weighted by Gasteiger charge is 2.47. The van der Waals surface area contributed by atoms with Crippen LogP contribution in [0.25, 0.3) is 0 Å². The van der Waals surface area contributed by atoms with Crippen molar-refractivity contribution in [2.24, 2.45) is 0 Å². The van der Waals surface area contributed by atoms with Crippen molar-refractivity contribution in [3.05, 3.63) is 94.9 Å². The molecule has 5 rings (SSSR count). The monoisotopic (exact) mass is 494 g/mol. The number of carbonyl (C=O) groups excluding carboxylic acids is 1. The molecule has 186 valence electrons. The number of rotatable bonds is 5. The number of anilines is 2. The molecular formula is C26H25F3N6O. The van der Waals surface area contributed by atoms with Crippen LogP contribution >= 0.6 is 0 Å². The lowest BCUT2D eigenvalue weighted by atomic mass is 9.96. The van der Waals surface area contributed by atoms with Gasteiger partial charge in [-0.25, -0.2) is 4.68 Å². The fourth-order valence-corrected chi connectivity index (χ4v) is 4.60. The van der Waals surface area contributed by atoms with E-state index in [9.17, 15) is 18.0 Å². The summed E-state index contributed by atoms with van der Waals surface area (Å²) in [6.07, 6.45) is -3.56. The molecule has 1 aliphatic rings. The normalized spacial score (nSPS) is 17.4. The minimum atomic E-state index is -4.52. The van der Waals surface area contributed by atoms with Crippen LogP contribution in [-0.2, 0) is 6.54 Å². The van der Waals surface area contributed by atoms with E-state index >= 15 is 0 Å². The predicted molar refractivity (Wildman–Crippen MR) is 130 cm³/mol. The van der Waals surface area contributed by atoms with Crippen molar-refractivity contribution in [3.8, 4) is 0 Å². The van der Waals surface area contributed by atoms with Gasteiger partial charge in [-0.1, -0.05) is 60.7 Å². The molecule has 2 aromatic carbocycles. The summed E-state index contributed by atoms with van der Waals surface area (Å²) in [6, 6.07) is 16.2. The Bertz CT molecular complexity index is 1380. The predicted octanol–water partition coefficient (Wildman–Crippen LogP) is 5.66. The van der Waals surface area contributed by atoms with Crippen molar-refractivity contribution in [2.45, 2.75) is 45.1 Å². The van der Waals surface area contributed by atoms with E-state index in [0.29, 0.717) is 23.5 Å². The van der Waals surface area contributed by atoms with Gasteiger partial charge in [0.15, 0.2) is 6.04 Å². The zero-order valence-corrected chi connectivity index (χ0v) is 19.8. The fraction of sp³-hybridized carbons (Fsp3) is 0.269. The van der Waals surface area contributed by atoms with Gasteiger partial charge in [0.2, 0.25) is 0 Å². The number of benzene rings is 2. The van der Waals surface area contributed by atoms with Crippen molar-refractivity contribution in [3.63, 3.8) is 0 Å². The Balaban J connectivity index is 1.44. The summed E-state index contributed by atoms with van der Waals surface area (Å²) >= 11 is 0. The highest BCUT2D eigenvalue weighted by Crippen LogP contribution is 2.44. The molecule has 2 N–H and O–H groups in total. The summed E-state index contributed by atoms with van der Waals surface area (Å²) in [6.45, 7) is 4.15. The summed E-state index contributed by atoms with van der Waals surface area (Å²) in [5.74, 6) is -0.509. The Morgan fingerprint density at radius 3 is 2.42 bits per heavy atom. The first kappa shape index (κ1) is 23.7. The van der Waals surface area contributed by atoms with Gasteiger partial charge in [-0.05, 0) is 25.0 Å². The number of aryl methyl sites for hydroxylation is 1. The topological polar surface area (TPSA) is 76.8 Å². The third-order valence-corrected chi connectivity index (χ3v) is 6.48. The van der Waals surface area contributed by atoms with Crippen LogP contribution < -0.4 is 10.6 Å². The molecule has 0 radical (unpaired) electrons. The minimum Gasteiger partial charge on any atom is -0.363 e. The van der Waals surface area contributed by atoms with Crippen LogP contribution in [0, 0.1) is 13.8 Å². The van der Waals surface area contributed by atoms with Crippen LogP contribution in [0.5, 0.6) is 0 Å². The molecule has 1 aliphatic heterocycles. The second kappa shape index (κ2) is 9.18. The highest BCUT2D eigenvalue weighted by atomic mass is 19.4. The third kappa shape index (κ3) is 4.46. The molecule has 4 aromatic rings. The van der Waals surface area contributed by atoms with Crippen molar-refractivity contribution >= 4 is 17.4 Å². The number of amides is 1. The number of fused-ring (bicyclic) bond motifs is 1. The van der Waals surface area contributed by atoms with Crippen molar-refractivity contribution in [2.75, 3.05) is 10.6 Å². The summed E-state index contributed by atoms with van der Waals surface area (Å²) in [5.41, 5.74) is 3.69. The molecule has 0 unspecified atom stereocenters. The molecule has 0 bridgehead atoms. The van der Waals surface area contributed by atoms with Gasteiger partial charge in [0, 0.05) is 6.42 Å². The number of alkyl halides is 3. The maximum absolute atomic E-state index is 14.0. The molecule has 7 nitrogen and oxygen atoms in total. The summed E-state index contributed by atoms with van der Waals surface area (Å²) < 4.78 is 44.5. The van der Waals surface area contributed by atoms with E-state index in [4.69, 9.17) is 0 Å². The van der Waals surface area contributed by atoms with E-state index in [1.165, 1.54) is 6.20 Å². The van der Waals surface area contributed by atoms with E-state index in [0.717, 1.165) is 15.9 Å². The van der Waals surface area contributed by atoms with Crippen LogP contribution in [0.1, 0.15) is 51.4 Å². The van der Waals surface area contributed by atoms with Crippen LogP contribution in [0.2, 0.25) is 0 Å². The minimum absolute atomic E-state index is 0.0412. The Kier molecular flexibility index (Phi) is 6.03. The molecule has 1 amide bonds. The lowest BCUT2D eigenvalue weighted by Gasteiger charge is -2.34. The fourth-order valence-electron chi connectivity index (χ4n) is 4.60. The second-order valence-electron chi connectivity index (χ2n) is 8.90. The van der Waals surface area contributed by atoms with E-state index in [1.54, 1.807) is 41.9 Å². The van der Waals surface area contributed by atoms with Gasteiger partial charge in [0.05, 0.1) is 35.9 Å². The Hall–Kier alpha value is -4.08. The average molecular weight is 495 g/mol. The van der Waals surface area contributed by atoms with Gasteiger partial charge in [-0.2, -0.15) is 23.4 Å². The van der Waals surface area contributed by atoms with Gasteiger partial charge in [0.1, 0.15) is 11.4 Å². The molecule has 3 heterocycles. The number of hydrogen-bond donors (Lipinski definition) is 2. The molecule has 0 spiro atoms. The quantitative estimate of drug-likeness (QED) is 0.376. The maximum Gasteiger partial charge on any atom is 0.410 e. The summed E-state index contributed by atoms with van der Waals surface area (Å²) in [4.78, 5) is 13.3. The number of nitrogens with zero attached hydrogens (tertiary/aromatic N) is 4. The largest absolute Gasteiger partial charge is 0.410 e. The van der Waals surface area contributed by atoms with Gasteiger partial charge in [-0.15, -0.1) is 0 Å². The molecule has 36 heavy (non-hydrogen) atoms. The Morgan fingerprint density at radius 2 is 1.75 bits per heavy atom. The number of hydrogen-bond acceptors (Lipinski definition) is 4. The second-order valence-corrected chi connectivity index (χ2v) is 8.90. The molecule has 0 saturated heterocycles. The van der Waals surface area contributed by atoms with Gasteiger partial charge in [-0.3, -0.25) is 9.48 Å². The molecule has 2 aromatic heterocycles. The van der Waals surface area contributed by atoms with E-state index < -0.39 is 24.2 Å². The number of carbonyl (C=O) groups is 1. The first-order chi connectivity index (χ1) is 17.2. The SMILES string of the molecule is Cc1nn(Cc2ccccc2)c(C)c1NC(=O)c1cnn2c1N[C@@H](c1ccccc1)C[C@H]2C(F)(F)F. The first-order valence-corrected chi connectivity index (χ1v) is 11.6. The van der Waals surface area contributed by atoms with Crippen molar-refractivity contribution < 1.29 is 18.0 Å². The van der Waals surface area contributed by atoms with Crippen LogP contribution in [-0.4, -0.2) is 31.6 Å². The summed E-state index contributed by atoms with van der Waals surface area (Å²) in [5, 5.41) is 14.5. The van der Waals surface area contributed by atoms with Crippen LogP contribution in [0.4, 0.5) is 24.7 Å². The number of aromatic nitrogens is 4. The Labute approximate surface area is 205 Å². The van der Waals surface area contributed by atoms with Gasteiger partial charge < -0.3 is 10.6 Å². The summed E-state index contributed by atoms with van der Waals surface area (Å²) in [7, 11) is 0. The zero-order valence-electron chi connectivity index (χ0n) is 19.8. The molecule has 10 heteroatoms. The smallest absolute Gasteiger partial charge is 0.363 e. The maximum atomic E-state index is 14.0. The van der Waals surface area contributed by atoms with Crippen LogP contribution in [0.15, 0.2) is 66.9 Å². The third-order valence-electron chi connectivity index (χ3n) is 6.48. The lowest BCUT2D eigenvalue weighted by Crippen LogP contribution is -2.36. The van der Waals surface area contributed by atoms with Crippen molar-refractivity contribution in [1.82, 2.24) is 19.6 Å². The molecule has 0 fully saturated rings. The molecule has 2 atom stereocenters. The average Bonchev–Trinajstić information content (AvgIpc) is 3.40. The lowest BCUT2D eigenvalue weighted by molar-refractivity contribution is -0.173. The Morgan fingerprint density at radius 1 is 1.08 bits per heavy atom.